The van der Waals surface area contributed by atoms with E-state index in [1.54, 1.807) is 0 Å². The van der Waals surface area contributed by atoms with Crippen molar-refractivity contribution in [2.24, 2.45) is 11.8 Å². The van der Waals surface area contributed by atoms with Gasteiger partial charge in [0.05, 0.1) is 0 Å². The fraction of sp³-hybridized carbons (Fsp3) is 1.00. The topological polar surface area (TPSA) is 0 Å². The van der Waals surface area contributed by atoms with Crippen LogP contribution in [0.4, 0.5) is 0 Å². The molecule has 0 spiro atoms. The highest BCUT2D eigenvalue weighted by atomic mass is 127. The lowest BCUT2D eigenvalue weighted by atomic mass is 9.95. The zero-order valence-electron chi connectivity index (χ0n) is 8.15. The molecule has 0 aromatic heterocycles. The molecule has 0 heterocycles. The number of halogens is 2. The van der Waals surface area contributed by atoms with Gasteiger partial charge in [0.25, 0.3) is 0 Å². The van der Waals surface area contributed by atoms with Crippen LogP contribution in [0.2, 0.25) is 0 Å². The SMILES string of the molecule is CCC(CI)CCC(CC)CI. The molecular formula is C10H20I2. The molecular weight excluding hydrogens is 374 g/mol. The number of alkyl halides is 2. The second kappa shape index (κ2) is 9.03. The van der Waals surface area contributed by atoms with Gasteiger partial charge >= 0.3 is 0 Å². The predicted molar refractivity (Wildman–Crippen MR) is 74.6 cm³/mol. The Morgan fingerprint density at radius 3 is 1.33 bits per heavy atom. The Bertz CT molecular complexity index is 73.8. The van der Waals surface area contributed by atoms with Crippen LogP contribution >= 0.6 is 45.2 Å². The van der Waals surface area contributed by atoms with Gasteiger partial charge in [0.2, 0.25) is 0 Å². The Hall–Kier alpha value is 1.46. The van der Waals surface area contributed by atoms with E-state index in [0.29, 0.717) is 0 Å². The Balaban J connectivity index is 3.49. The largest absolute Gasteiger partial charge is 0.0861 e. The second-order valence-corrected chi connectivity index (χ2v) is 5.20. The summed E-state index contributed by atoms with van der Waals surface area (Å²) in [4.78, 5) is 0. The molecule has 2 heteroatoms. The Morgan fingerprint density at radius 2 is 1.17 bits per heavy atom. The molecule has 74 valence electrons. The molecule has 0 rings (SSSR count). The fourth-order valence-electron chi connectivity index (χ4n) is 1.25. The second-order valence-electron chi connectivity index (χ2n) is 3.43. The van der Waals surface area contributed by atoms with Crippen LogP contribution in [0.5, 0.6) is 0 Å². The van der Waals surface area contributed by atoms with Crippen molar-refractivity contribution in [3.05, 3.63) is 0 Å². The van der Waals surface area contributed by atoms with E-state index in [4.69, 9.17) is 0 Å². The minimum Gasteiger partial charge on any atom is -0.0861 e. The highest BCUT2D eigenvalue weighted by Gasteiger charge is 2.08. The van der Waals surface area contributed by atoms with Crippen LogP contribution in [0.3, 0.4) is 0 Å². The zero-order chi connectivity index (χ0) is 9.40. The van der Waals surface area contributed by atoms with Crippen LogP contribution in [0.25, 0.3) is 0 Å². The molecule has 0 aliphatic carbocycles. The maximum absolute atomic E-state index is 2.52. The van der Waals surface area contributed by atoms with Crippen LogP contribution in [-0.4, -0.2) is 8.86 Å². The van der Waals surface area contributed by atoms with Gasteiger partial charge in [-0.2, -0.15) is 0 Å². The standard InChI is InChI=1S/C10H20I2/c1-3-9(7-11)5-6-10(4-2)8-12/h9-10H,3-8H2,1-2H3. The molecule has 0 saturated carbocycles. The molecule has 0 N–H and O–H groups in total. The quantitative estimate of drug-likeness (QED) is 0.434. The third kappa shape index (κ3) is 6.00. The first-order valence-corrected chi connectivity index (χ1v) is 7.95. The van der Waals surface area contributed by atoms with Crippen LogP contribution in [0.15, 0.2) is 0 Å². The van der Waals surface area contributed by atoms with Gasteiger partial charge in [-0.3, -0.25) is 0 Å². The van der Waals surface area contributed by atoms with E-state index in [1.165, 1.54) is 34.5 Å². The fourth-order valence-corrected chi connectivity index (χ4v) is 3.38. The molecule has 12 heavy (non-hydrogen) atoms. The van der Waals surface area contributed by atoms with E-state index in [0.717, 1.165) is 11.8 Å². The molecule has 0 aliphatic rings. The van der Waals surface area contributed by atoms with E-state index in [-0.39, 0.29) is 0 Å². The van der Waals surface area contributed by atoms with Crippen molar-refractivity contribution in [3.63, 3.8) is 0 Å². The summed E-state index contributed by atoms with van der Waals surface area (Å²) < 4.78 is 2.68. The summed E-state index contributed by atoms with van der Waals surface area (Å²) in [6, 6.07) is 0. The summed E-state index contributed by atoms with van der Waals surface area (Å²) >= 11 is 5.04. The minimum atomic E-state index is 0.975. The van der Waals surface area contributed by atoms with Crippen molar-refractivity contribution in [2.45, 2.75) is 39.5 Å². The average Bonchev–Trinajstić information content (AvgIpc) is 2.13. The van der Waals surface area contributed by atoms with Crippen LogP contribution in [0.1, 0.15) is 39.5 Å². The van der Waals surface area contributed by atoms with E-state index < -0.39 is 0 Å². The first-order valence-electron chi connectivity index (χ1n) is 4.90. The number of hydrogen-bond donors (Lipinski definition) is 0. The number of rotatable bonds is 7. The molecule has 0 bridgehead atoms. The minimum absolute atomic E-state index is 0.975. The molecule has 0 radical (unpaired) electrons. The summed E-state index contributed by atoms with van der Waals surface area (Å²) in [7, 11) is 0. The van der Waals surface area contributed by atoms with Gasteiger partial charge < -0.3 is 0 Å². The monoisotopic (exact) mass is 394 g/mol. The highest BCUT2D eigenvalue weighted by molar-refractivity contribution is 14.1. The Morgan fingerprint density at radius 1 is 0.833 bits per heavy atom. The van der Waals surface area contributed by atoms with Crippen LogP contribution in [0, 0.1) is 11.8 Å². The van der Waals surface area contributed by atoms with E-state index in [1.807, 2.05) is 0 Å². The number of hydrogen-bond acceptors (Lipinski definition) is 0. The molecule has 0 amide bonds. The molecule has 0 aromatic rings. The lowest BCUT2D eigenvalue weighted by molar-refractivity contribution is 0.430. The van der Waals surface area contributed by atoms with Crippen molar-refractivity contribution in [3.8, 4) is 0 Å². The van der Waals surface area contributed by atoms with Gasteiger partial charge in [-0.25, -0.2) is 0 Å². The van der Waals surface area contributed by atoms with E-state index >= 15 is 0 Å². The molecule has 2 unspecified atom stereocenters. The van der Waals surface area contributed by atoms with E-state index in [2.05, 4.69) is 59.0 Å². The summed E-state index contributed by atoms with van der Waals surface area (Å²) in [6.07, 6.45) is 5.61. The normalized spacial score (nSPS) is 16.0. The van der Waals surface area contributed by atoms with Crippen molar-refractivity contribution < 1.29 is 0 Å². The summed E-state index contributed by atoms with van der Waals surface area (Å²) in [5.74, 6) is 1.95. The van der Waals surface area contributed by atoms with Gasteiger partial charge in [0.15, 0.2) is 0 Å². The summed E-state index contributed by atoms with van der Waals surface area (Å²) in [5.41, 5.74) is 0. The zero-order valence-corrected chi connectivity index (χ0v) is 12.5. The maximum atomic E-state index is 2.52. The summed E-state index contributed by atoms with van der Waals surface area (Å²) in [6.45, 7) is 4.63. The first-order chi connectivity index (χ1) is 5.78. The molecule has 0 saturated heterocycles. The van der Waals surface area contributed by atoms with Gasteiger partial charge in [-0.05, 0) is 24.7 Å². The van der Waals surface area contributed by atoms with Crippen molar-refractivity contribution >= 4 is 45.2 Å². The van der Waals surface area contributed by atoms with Crippen molar-refractivity contribution in [1.29, 1.82) is 0 Å². The lowest BCUT2D eigenvalue weighted by Crippen LogP contribution is -2.06. The third-order valence-corrected chi connectivity index (χ3v) is 5.07. The van der Waals surface area contributed by atoms with Crippen molar-refractivity contribution in [2.75, 3.05) is 8.86 Å². The third-order valence-electron chi connectivity index (χ3n) is 2.57. The first kappa shape index (κ1) is 13.5. The molecule has 0 aliphatic heterocycles. The molecule has 0 aromatic carbocycles. The molecule has 0 fully saturated rings. The van der Waals surface area contributed by atoms with Gasteiger partial charge in [-0.15, -0.1) is 0 Å². The summed E-state index contributed by atoms with van der Waals surface area (Å²) in [5, 5.41) is 0. The molecule has 2 atom stereocenters. The predicted octanol–water partition coefficient (Wildman–Crippen LogP) is 4.69. The Labute approximate surface area is 105 Å². The lowest BCUT2D eigenvalue weighted by Gasteiger charge is -2.15. The average molecular weight is 394 g/mol. The van der Waals surface area contributed by atoms with E-state index in [9.17, 15) is 0 Å². The van der Waals surface area contributed by atoms with Crippen LogP contribution < -0.4 is 0 Å². The molecule has 0 nitrogen and oxygen atoms in total. The van der Waals surface area contributed by atoms with Crippen molar-refractivity contribution in [1.82, 2.24) is 0 Å². The Kier molecular flexibility index (Phi) is 10.1. The highest BCUT2D eigenvalue weighted by Crippen LogP contribution is 2.21. The van der Waals surface area contributed by atoms with Gasteiger partial charge in [0, 0.05) is 8.86 Å². The van der Waals surface area contributed by atoms with Gasteiger partial charge in [-0.1, -0.05) is 71.9 Å². The van der Waals surface area contributed by atoms with Gasteiger partial charge in [0.1, 0.15) is 0 Å². The van der Waals surface area contributed by atoms with Crippen LogP contribution in [-0.2, 0) is 0 Å². The maximum Gasteiger partial charge on any atom is 0.00236 e. The smallest absolute Gasteiger partial charge is 0.00236 e.